The van der Waals surface area contributed by atoms with Crippen LogP contribution in [-0.2, 0) is 11.3 Å². The third-order valence-electron chi connectivity index (χ3n) is 7.18. The molecule has 4 rings (SSSR count). The maximum atomic E-state index is 12.1. The van der Waals surface area contributed by atoms with E-state index in [0.717, 1.165) is 24.3 Å². The fourth-order valence-corrected chi connectivity index (χ4v) is 5.25. The Balaban J connectivity index is 0.00000240. The molecule has 1 aromatic rings. The molecule has 2 aliphatic heterocycles. The minimum Gasteiger partial charge on any atom is -0.445 e. The van der Waals surface area contributed by atoms with Gasteiger partial charge in [0.1, 0.15) is 6.61 Å². The maximum Gasteiger partial charge on any atom is 0.407 e. The van der Waals surface area contributed by atoms with E-state index >= 15 is 0 Å². The zero-order valence-electron chi connectivity index (χ0n) is 17.4. The Morgan fingerprint density at radius 1 is 1.10 bits per heavy atom. The van der Waals surface area contributed by atoms with Gasteiger partial charge in [0.05, 0.1) is 0 Å². The first kappa shape index (κ1) is 22.4. The van der Waals surface area contributed by atoms with Gasteiger partial charge in [-0.1, -0.05) is 30.3 Å². The monoisotopic (exact) mass is 421 g/mol. The Bertz CT molecular complexity index is 618. The van der Waals surface area contributed by atoms with Crippen molar-refractivity contribution in [3.05, 3.63) is 35.9 Å². The van der Waals surface area contributed by atoms with Crippen LogP contribution in [-0.4, -0.2) is 49.8 Å². The van der Waals surface area contributed by atoms with E-state index in [4.69, 9.17) is 4.74 Å². The van der Waals surface area contributed by atoms with Crippen molar-refractivity contribution in [1.82, 2.24) is 15.5 Å². The second-order valence-electron chi connectivity index (χ2n) is 9.14. The number of piperidine rings is 1. The minimum atomic E-state index is -0.273. The van der Waals surface area contributed by atoms with Gasteiger partial charge in [0.2, 0.25) is 0 Å². The molecule has 2 N–H and O–H groups in total. The molecule has 1 spiro atoms. The maximum absolute atomic E-state index is 12.1. The predicted octanol–water partition coefficient (Wildman–Crippen LogP) is 3.97. The van der Waals surface area contributed by atoms with Gasteiger partial charge in [-0.15, -0.1) is 12.4 Å². The number of nitrogens with one attached hydrogen (secondary N) is 2. The molecule has 29 heavy (non-hydrogen) atoms. The molecule has 6 heteroatoms. The number of amides is 1. The first-order valence-corrected chi connectivity index (χ1v) is 11.1. The number of nitrogens with zero attached hydrogens (tertiary/aromatic N) is 1. The molecule has 0 bridgehead atoms. The van der Waals surface area contributed by atoms with E-state index in [1.54, 1.807) is 0 Å². The molecule has 0 unspecified atom stereocenters. The molecule has 1 aliphatic carbocycles. The topological polar surface area (TPSA) is 53.6 Å². The van der Waals surface area contributed by atoms with Gasteiger partial charge in [0, 0.05) is 12.6 Å². The van der Waals surface area contributed by atoms with Crippen molar-refractivity contribution in [2.24, 2.45) is 11.3 Å². The molecule has 2 saturated heterocycles. The van der Waals surface area contributed by atoms with Gasteiger partial charge < -0.3 is 20.3 Å². The Labute approximate surface area is 181 Å². The lowest BCUT2D eigenvalue weighted by Crippen LogP contribution is -2.46. The third kappa shape index (κ3) is 6.34. The first-order valence-electron chi connectivity index (χ1n) is 11.1. The molecular weight excluding hydrogens is 386 g/mol. The summed E-state index contributed by atoms with van der Waals surface area (Å²) in [5.41, 5.74) is 1.55. The van der Waals surface area contributed by atoms with E-state index in [-0.39, 0.29) is 24.5 Å². The summed E-state index contributed by atoms with van der Waals surface area (Å²) in [6.07, 6.45) is 8.40. The van der Waals surface area contributed by atoms with E-state index in [1.165, 1.54) is 64.8 Å². The van der Waals surface area contributed by atoms with Gasteiger partial charge in [-0.25, -0.2) is 4.79 Å². The van der Waals surface area contributed by atoms with Crippen LogP contribution in [0.3, 0.4) is 0 Å². The van der Waals surface area contributed by atoms with E-state index in [1.807, 2.05) is 30.3 Å². The molecule has 1 aromatic carbocycles. The van der Waals surface area contributed by atoms with E-state index in [9.17, 15) is 4.79 Å². The number of hydrogen-bond donors (Lipinski definition) is 2. The lowest BCUT2D eigenvalue weighted by Gasteiger charge is -2.46. The summed E-state index contributed by atoms with van der Waals surface area (Å²) in [6.45, 7) is 6.54. The minimum absolute atomic E-state index is 0. The molecule has 1 atom stereocenters. The highest BCUT2D eigenvalue weighted by Crippen LogP contribution is 2.44. The molecule has 0 aromatic heterocycles. The number of ether oxygens (including phenoxy) is 1. The summed E-state index contributed by atoms with van der Waals surface area (Å²) < 4.78 is 5.38. The zero-order valence-corrected chi connectivity index (χ0v) is 18.2. The normalized spacial score (nSPS) is 24.8. The molecule has 162 valence electrons. The number of likely N-dealkylation sites (tertiary alicyclic amines) is 1. The molecule has 5 nitrogen and oxygen atoms in total. The van der Waals surface area contributed by atoms with Gasteiger partial charge in [0.25, 0.3) is 0 Å². The predicted molar refractivity (Wildman–Crippen MR) is 118 cm³/mol. The molecular formula is C23H36ClN3O2. The van der Waals surface area contributed by atoms with E-state index in [2.05, 4.69) is 15.5 Å². The van der Waals surface area contributed by atoms with Crippen LogP contribution in [0, 0.1) is 11.3 Å². The quantitative estimate of drug-likeness (QED) is 0.755. The second kappa shape index (κ2) is 10.6. The zero-order chi connectivity index (χ0) is 19.2. The van der Waals surface area contributed by atoms with Gasteiger partial charge in [-0.3, -0.25) is 0 Å². The largest absolute Gasteiger partial charge is 0.445 e. The van der Waals surface area contributed by atoms with Crippen molar-refractivity contribution in [1.29, 1.82) is 0 Å². The van der Waals surface area contributed by atoms with Crippen molar-refractivity contribution in [2.75, 3.05) is 32.7 Å². The highest BCUT2D eigenvalue weighted by Gasteiger charge is 2.38. The van der Waals surface area contributed by atoms with Crippen LogP contribution in [0.5, 0.6) is 0 Å². The highest BCUT2D eigenvalue weighted by molar-refractivity contribution is 5.85. The molecule has 1 amide bonds. The van der Waals surface area contributed by atoms with Crippen molar-refractivity contribution < 1.29 is 9.53 Å². The Morgan fingerprint density at radius 3 is 2.48 bits per heavy atom. The highest BCUT2D eigenvalue weighted by atomic mass is 35.5. The lowest BCUT2D eigenvalue weighted by molar-refractivity contribution is 0.0510. The number of carbonyl (C=O) groups excluding carboxylic acids is 1. The Hall–Kier alpha value is -1.30. The van der Waals surface area contributed by atoms with Crippen LogP contribution in [0.15, 0.2) is 30.3 Å². The fourth-order valence-electron chi connectivity index (χ4n) is 5.25. The summed E-state index contributed by atoms with van der Waals surface area (Å²) in [5, 5.41) is 6.58. The average molecular weight is 422 g/mol. The van der Waals surface area contributed by atoms with Crippen LogP contribution >= 0.6 is 12.4 Å². The van der Waals surface area contributed by atoms with Crippen molar-refractivity contribution >= 4 is 18.5 Å². The standard InChI is InChI=1S/C23H35N3O2.ClH/c27-22(28-18-19-4-2-1-3-5-19)25-21-6-9-23(10-7-21)11-14-26(15-12-23)17-20-8-13-24-16-20;/h1-5,20-21,24H,6-18H2,(H,25,27);1H/t20-;/m1./s1. The van der Waals surface area contributed by atoms with Crippen molar-refractivity contribution in [3.63, 3.8) is 0 Å². The number of halogens is 1. The summed E-state index contributed by atoms with van der Waals surface area (Å²) in [6, 6.07) is 10.1. The SMILES string of the molecule is Cl.O=C(NC1CCC2(CC1)CCN(C[C@@H]1CCNC1)CC2)OCc1ccccc1. The fraction of sp³-hybridized carbons (Fsp3) is 0.696. The number of hydrogen-bond acceptors (Lipinski definition) is 4. The number of rotatable bonds is 5. The molecule has 0 radical (unpaired) electrons. The van der Waals surface area contributed by atoms with Crippen LogP contribution in [0.25, 0.3) is 0 Å². The Kier molecular flexibility index (Phi) is 8.22. The van der Waals surface area contributed by atoms with E-state index < -0.39 is 0 Å². The van der Waals surface area contributed by atoms with Crippen LogP contribution in [0.1, 0.15) is 50.5 Å². The number of benzene rings is 1. The first-order chi connectivity index (χ1) is 13.7. The lowest BCUT2D eigenvalue weighted by atomic mass is 9.67. The smallest absolute Gasteiger partial charge is 0.407 e. The average Bonchev–Trinajstić information content (AvgIpc) is 3.24. The van der Waals surface area contributed by atoms with Crippen LogP contribution in [0.2, 0.25) is 0 Å². The van der Waals surface area contributed by atoms with Gasteiger partial charge in [-0.05, 0) is 88.0 Å². The summed E-state index contributed by atoms with van der Waals surface area (Å²) in [7, 11) is 0. The van der Waals surface area contributed by atoms with Gasteiger partial charge >= 0.3 is 6.09 Å². The summed E-state index contributed by atoms with van der Waals surface area (Å²) in [4.78, 5) is 14.8. The Morgan fingerprint density at radius 2 is 1.83 bits per heavy atom. The van der Waals surface area contributed by atoms with E-state index in [0.29, 0.717) is 12.0 Å². The second-order valence-corrected chi connectivity index (χ2v) is 9.14. The van der Waals surface area contributed by atoms with Gasteiger partial charge in [-0.2, -0.15) is 0 Å². The van der Waals surface area contributed by atoms with Crippen molar-refractivity contribution in [3.8, 4) is 0 Å². The van der Waals surface area contributed by atoms with Crippen LogP contribution < -0.4 is 10.6 Å². The summed E-state index contributed by atoms with van der Waals surface area (Å²) in [5.74, 6) is 0.857. The molecule has 3 fully saturated rings. The van der Waals surface area contributed by atoms with Gasteiger partial charge in [0.15, 0.2) is 0 Å². The molecule has 3 aliphatic rings. The molecule has 1 saturated carbocycles. The molecule has 2 heterocycles. The van der Waals surface area contributed by atoms with Crippen LogP contribution in [0.4, 0.5) is 4.79 Å². The number of carbonyl (C=O) groups is 1. The third-order valence-corrected chi connectivity index (χ3v) is 7.18. The number of alkyl carbamates (subject to hydrolysis) is 1. The summed E-state index contributed by atoms with van der Waals surface area (Å²) >= 11 is 0. The van der Waals surface area contributed by atoms with Crippen molar-refractivity contribution in [2.45, 2.75) is 57.6 Å².